The van der Waals surface area contributed by atoms with Crippen molar-refractivity contribution in [2.24, 2.45) is 0 Å². The number of ether oxygens (including phenoxy) is 1. The van der Waals surface area contributed by atoms with Crippen LogP contribution in [0.4, 0.5) is 0 Å². The van der Waals surface area contributed by atoms with E-state index in [2.05, 4.69) is 61.3 Å². The fraction of sp³-hybridized carbons (Fsp3) is 0.348. The van der Waals surface area contributed by atoms with Crippen molar-refractivity contribution in [1.82, 2.24) is 4.98 Å². The zero-order chi connectivity index (χ0) is 19.0. The van der Waals surface area contributed by atoms with Crippen LogP contribution in [-0.2, 0) is 21.6 Å². The predicted molar refractivity (Wildman–Crippen MR) is 107 cm³/mol. The highest BCUT2D eigenvalue weighted by atomic mass is 16.5. The van der Waals surface area contributed by atoms with E-state index >= 15 is 0 Å². The van der Waals surface area contributed by atoms with Gasteiger partial charge in [0, 0.05) is 10.9 Å². The molecule has 0 fully saturated rings. The molecule has 0 spiro atoms. The summed E-state index contributed by atoms with van der Waals surface area (Å²) in [6.45, 7) is 4.71. The Labute approximate surface area is 159 Å². The number of carbonyl (C=O) groups is 1. The molecule has 0 saturated heterocycles. The highest BCUT2D eigenvalue weighted by Crippen LogP contribution is 2.44. The standard InChI is InChI=1S/C23H25NO3/c1-3-12-23(14-20(25)26)22-18(11-13-27-23)21-17(5-4-6-19(21)24-22)16-9-7-15(2)8-10-16/h4-10,24H,3,11-14H2,1-2H3,(H,25,26). The van der Waals surface area contributed by atoms with E-state index in [1.54, 1.807) is 0 Å². The number of carboxylic acids is 1. The third-order valence-corrected chi connectivity index (χ3v) is 5.57. The van der Waals surface area contributed by atoms with Crippen molar-refractivity contribution < 1.29 is 14.6 Å². The van der Waals surface area contributed by atoms with Gasteiger partial charge in [-0.25, -0.2) is 0 Å². The minimum absolute atomic E-state index is 0.0134. The molecule has 140 valence electrons. The Balaban J connectivity index is 1.94. The number of aromatic amines is 1. The van der Waals surface area contributed by atoms with E-state index in [1.807, 2.05) is 0 Å². The van der Waals surface area contributed by atoms with Gasteiger partial charge in [0.1, 0.15) is 5.60 Å². The zero-order valence-electron chi connectivity index (χ0n) is 15.8. The quantitative estimate of drug-likeness (QED) is 0.656. The molecule has 1 unspecified atom stereocenters. The predicted octanol–water partition coefficient (Wildman–Crippen LogP) is 5.19. The van der Waals surface area contributed by atoms with Crippen LogP contribution < -0.4 is 0 Å². The van der Waals surface area contributed by atoms with Crippen LogP contribution in [0.3, 0.4) is 0 Å². The van der Waals surface area contributed by atoms with Crippen molar-refractivity contribution in [3.05, 3.63) is 59.3 Å². The maximum Gasteiger partial charge on any atom is 0.306 e. The van der Waals surface area contributed by atoms with Gasteiger partial charge in [-0.3, -0.25) is 4.79 Å². The lowest BCUT2D eigenvalue weighted by Crippen LogP contribution is -2.37. The largest absolute Gasteiger partial charge is 0.481 e. The second-order valence-electron chi connectivity index (χ2n) is 7.49. The van der Waals surface area contributed by atoms with Gasteiger partial charge in [0.25, 0.3) is 0 Å². The molecule has 2 aromatic carbocycles. The van der Waals surface area contributed by atoms with Crippen LogP contribution in [0, 0.1) is 6.92 Å². The third kappa shape index (κ3) is 3.04. The molecule has 0 amide bonds. The van der Waals surface area contributed by atoms with Crippen molar-refractivity contribution in [2.75, 3.05) is 6.61 Å². The summed E-state index contributed by atoms with van der Waals surface area (Å²) in [4.78, 5) is 15.1. The van der Waals surface area contributed by atoms with Crippen molar-refractivity contribution in [3.63, 3.8) is 0 Å². The molecule has 1 aliphatic heterocycles. The van der Waals surface area contributed by atoms with Crippen LogP contribution in [-0.4, -0.2) is 22.7 Å². The van der Waals surface area contributed by atoms with Gasteiger partial charge in [-0.15, -0.1) is 0 Å². The number of carboxylic acid groups (broad SMARTS) is 1. The molecule has 2 N–H and O–H groups in total. The normalized spacial score (nSPS) is 19.2. The number of rotatable bonds is 5. The van der Waals surface area contributed by atoms with Crippen LogP contribution in [0.1, 0.15) is 43.0 Å². The molecule has 4 nitrogen and oxygen atoms in total. The van der Waals surface area contributed by atoms with E-state index in [-0.39, 0.29) is 6.42 Å². The summed E-state index contributed by atoms with van der Waals surface area (Å²) in [5, 5.41) is 10.7. The van der Waals surface area contributed by atoms with Crippen molar-refractivity contribution in [3.8, 4) is 11.1 Å². The first-order valence-corrected chi connectivity index (χ1v) is 9.61. The van der Waals surface area contributed by atoms with Crippen LogP contribution in [0.2, 0.25) is 0 Å². The highest BCUT2D eigenvalue weighted by molar-refractivity contribution is 5.99. The number of H-pyrrole nitrogens is 1. The molecule has 0 saturated carbocycles. The Hall–Kier alpha value is -2.59. The summed E-state index contributed by atoms with van der Waals surface area (Å²) >= 11 is 0. The summed E-state index contributed by atoms with van der Waals surface area (Å²) in [7, 11) is 0. The van der Waals surface area contributed by atoms with Crippen LogP contribution >= 0.6 is 0 Å². The second-order valence-corrected chi connectivity index (χ2v) is 7.49. The number of fused-ring (bicyclic) bond motifs is 3. The number of hydrogen-bond acceptors (Lipinski definition) is 2. The third-order valence-electron chi connectivity index (χ3n) is 5.57. The van der Waals surface area contributed by atoms with Gasteiger partial charge in [0.15, 0.2) is 0 Å². The topological polar surface area (TPSA) is 62.3 Å². The Kier molecular flexibility index (Phi) is 4.52. The highest BCUT2D eigenvalue weighted by Gasteiger charge is 2.41. The van der Waals surface area contributed by atoms with E-state index in [4.69, 9.17) is 4.74 Å². The molecule has 2 heterocycles. The molecule has 4 rings (SSSR count). The van der Waals surface area contributed by atoms with Crippen LogP contribution in [0.15, 0.2) is 42.5 Å². The lowest BCUT2D eigenvalue weighted by atomic mass is 9.84. The summed E-state index contributed by atoms with van der Waals surface area (Å²) < 4.78 is 6.12. The first-order chi connectivity index (χ1) is 13.0. The minimum atomic E-state index is -0.825. The van der Waals surface area contributed by atoms with E-state index in [0.717, 1.165) is 24.1 Å². The minimum Gasteiger partial charge on any atom is -0.481 e. The van der Waals surface area contributed by atoms with E-state index in [0.29, 0.717) is 13.0 Å². The van der Waals surface area contributed by atoms with Crippen molar-refractivity contribution in [1.29, 1.82) is 0 Å². The average Bonchev–Trinajstić information content (AvgIpc) is 3.03. The Morgan fingerprint density at radius 3 is 2.70 bits per heavy atom. The summed E-state index contributed by atoms with van der Waals surface area (Å²) in [6, 6.07) is 14.8. The molecule has 0 bridgehead atoms. The van der Waals surface area contributed by atoms with Crippen molar-refractivity contribution in [2.45, 2.75) is 45.1 Å². The van der Waals surface area contributed by atoms with Gasteiger partial charge in [-0.1, -0.05) is 55.3 Å². The second kappa shape index (κ2) is 6.86. The number of aromatic nitrogens is 1. The Morgan fingerprint density at radius 1 is 1.22 bits per heavy atom. The molecular weight excluding hydrogens is 338 g/mol. The first-order valence-electron chi connectivity index (χ1n) is 9.61. The van der Waals surface area contributed by atoms with Gasteiger partial charge in [-0.2, -0.15) is 0 Å². The molecule has 1 aromatic heterocycles. The van der Waals surface area contributed by atoms with Gasteiger partial charge in [0.2, 0.25) is 0 Å². The van der Waals surface area contributed by atoms with E-state index in [9.17, 15) is 9.90 Å². The van der Waals surface area contributed by atoms with Gasteiger partial charge < -0.3 is 14.8 Å². The molecular formula is C23H25NO3. The summed E-state index contributed by atoms with van der Waals surface area (Å²) in [5.41, 5.74) is 6.05. The average molecular weight is 363 g/mol. The molecule has 3 aromatic rings. The van der Waals surface area contributed by atoms with Crippen LogP contribution in [0.25, 0.3) is 22.0 Å². The number of nitrogens with one attached hydrogen (secondary N) is 1. The monoisotopic (exact) mass is 363 g/mol. The first kappa shape index (κ1) is 17.8. The Morgan fingerprint density at radius 2 is 2.00 bits per heavy atom. The SMILES string of the molecule is CCCC1(CC(=O)O)OCCc2c1[nH]c1cccc(-c3ccc(C)cc3)c21. The molecule has 0 radical (unpaired) electrons. The fourth-order valence-electron chi connectivity index (χ4n) is 4.42. The smallest absolute Gasteiger partial charge is 0.306 e. The maximum absolute atomic E-state index is 11.6. The zero-order valence-corrected chi connectivity index (χ0v) is 15.8. The van der Waals surface area contributed by atoms with Gasteiger partial charge in [-0.05, 0) is 42.5 Å². The molecule has 1 atom stereocenters. The van der Waals surface area contributed by atoms with E-state index in [1.165, 1.54) is 27.6 Å². The Bertz CT molecular complexity index is 987. The molecule has 4 heteroatoms. The summed E-state index contributed by atoms with van der Waals surface area (Å²) in [6.07, 6.45) is 2.34. The number of aryl methyl sites for hydroxylation is 1. The molecule has 27 heavy (non-hydrogen) atoms. The lowest BCUT2D eigenvalue weighted by Gasteiger charge is -2.36. The number of aliphatic carboxylic acids is 1. The van der Waals surface area contributed by atoms with E-state index < -0.39 is 11.6 Å². The van der Waals surface area contributed by atoms with Crippen molar-refractivity contribution >= 4 is 16.9 Å². The molecule has 0 aliphatic carbocycles. The van der Waals surface area contributed by atoms with Gasteiger partial charge in [0.05, 0.1) is 18.7 Å². The lowest BCUT2D eigenvalue weighted by molar-refractivity contribution is -0.149. The number of benzene rings is 2. The van der Waals surface area contributed by atoms with Crippen LogP contribution in [0.5, 0.6) is 0 Å². The fourth-order valence-corrected chi connectivity index (χ4v) is 4.42. The van der Waals surface area contributed by atoms with Gasteiger partial charge >= 0.3 is 5.97 Å². The maximum atomic E-state index is 11.6. The number of hydrogen-bond donors (Lipinski definition) is 2. The molecule has 1 aliphatic rings. The summed E-state index contributed by atoms with van der Waals surface area (Å²) in [5.74, 6) is -0.825.